The summed E-state index contributed by atoms with van der Waals surface area (Å²) in [5.41, 5.74) is 7.21. The van der Waals surface area contributed by atoms with Crippen molar-refractivity contribution >= 4 is 45.2 Å². The normalized spacial score (nSPS) is 13.5. The maximum Gasteiger partial charge on any atom is 0.306 e. The molecule has 2 aromatic heterocycles. The summed E-state index contributed by atoms with van der Waals surface area (Å²) in [7, 11) is 0. The van der Waals surface area contributed by atoms with E-state index >= 15 is 0 Å². The van der Waals surface area contributed by atoms with Gasteiger partial charge >= 0.3 is 4.87 Å². The SMILES string of the molecule is CC(C)C[C@H](CO)Nc1nc(S[C@H](C)c2cccc(C(N)=O)c2)nc2[nH]c(=O)sc12. The van der Waals surface area contributed by atoms with Gasteiger partial charge in [-0.25, -0.2) is 9.97 Å². The van der Waals surface area contributed by atoms with Crippen molar-refractivity contribution in [1.29, 1.82) is 0 Å². The second-order valence-corrected chi connectivity index (χ2v) is 9.74. The van der Waals surface area contributed by atoms with Gasteiger partial charge in [-0.15, -0.1) is 0 Å². The summed E-state index contributed by atoms with van der Waals surface area (Å²) in [6, 6.07) is 6.96. The molecule has 0 spiro atoms. The molecule has 3 rings (SSSR count). The van der Waals surface area contributed by atoms with Crippen LogP contribution >= 0.6 is 23.1 Å². The first-order valence-corrected chi connectivity index (χ1v) is 11.3. The number of carbonyl (C=O) groups excluding carboxylic acids is 1. The lowest BCUT2D eigenvalue weighted by Gasteiger charge is -2.19. The van der Waals surface area contributed by atoms with E-state index in [1.54, 1.807) is 18.2 Å². The number of aliphatic hydroxyl groups excluding tert-OH is 1. The van der Waals surface area contributed by atoms with E-state index in [4.69, 9.17) is 5.73 Å². The molecule has 0 fully saturated rings. The van der Waals surface area contributed by atoms with Crippen LogP contribution in [0.5, 0.6) is 0 Å². The third kappa shape index (κ3) is 5.38. The zero-order valence-corrected chi connectivity index (χ0v) is 18.6. The second kappa shape index (κ2) is 9.59. The molecule has 0 saturated carbocycles. The Hall–Kier alpha value is -2.43. The van der Waals surface area contributed by atoms with Crippen LogP contribution in [0.4, 0.5) is 5.82 Å². The Morgan fingerprint density at radius 3 is 2.77 bits per heavy atom. The zero-order chi connectivity index (χ0) is 21.8. The van der Waals surface area contributed by atoms with Crippen LogP contribution in [0.25, 0.3) is 10.3 Å². The number of thioether (sulfide) groups is 1. The van der Waals surface area contributed by atoms with Crippen LogP contribution in [0.3, 0.4) is 0 Å². The number of nitrogens with zero attached hydrogens (tertiary/aromatic N) is 2. The number of amides is 1. The summed E-state index contributed by atoms with van der Waals surface area (Å²) >= 11 is 2.45. The number of benzene rings is 1. The molecule has 0 bridgehead atoms. The van der Waals surface area contributed by atoms with Crippen molar-refractivity contribution in [3.8, 4) is 0 Å². The molecule has 8 nitrogen and oxygen atoms in total. The molecule has 5 N–H and O–H groups in total. The molecule has 1 aromatic carbocycles. The highest BCUT2D eigenvalue weighted by molar-refractivity contribution is 7.99. The number of primary amides is 1. The molecule has 160 valence electrons. The summed E-state index contributed by atoms with van der Waals surface area (Å²) in [6.07, 6.45) is 0.764. The summed E-state index contributed by atoms with van der Waals surface area (Å²) in [5.74, 6) is 0.446. The number of anilines is 1. The largest absolute Gasteiger partial charge is 0.394 e. The standard InChI is InChI=1S/C20H25N5O3S2/c1-10(2)7-14(9-26)22-17-15-18(25-20(28)30-15)24-19(23-17)29-11(3)12-5-4-6-13(8-12)16(21)27/h4-6,8,10-11,14,26H,7,9H2,1-3H3,(H2,21,27)(H2,22,23,24,25,28)/t11-,14-/m1/s1. The van der Waals surface area contributed by atoms with Crippen LogP contribution in [-0.4, -0.2) is 38.6 Å². The van der Waals surface area contributed by atoms with Crippen LogP contribution in [0.2, 0.25) is 0 Å². The predicted octanol–water partition coefficient (Wildman–Crippen LogP) is 3.15. The molecule has 0 saturated heterocycles. The lowest BCUT2D eigenvalue weighted by Crippen LogP contribution is -2.26. The minimum atomic E-state index is -0.478. The number of rotatable bonds is 9. The van der Waals surface area contributed by atoms with Gasteiger partial charge in [0.25, 0.3) is 0 Å². The molecule has 30 heavy (non-hydrogen) atoms. The van der Waals surface area contributed by atoms with Crippen molar-refractivity contribution in [2.24, 2.45) is 11.7 Å². The first kappa shape index (κ1) is 22.3. The number of hydrogen-bond donors (Lipinski definition) is 4. The van der Waals surface area contributed by atoms with Gasteiger partial charge in [-0.3, -0.25) is 14.6 Å². The number of H-pyrrole nitrogens is 1. The van der Waals surface area contributed by atoms with E-state index < -0.39 is 5.91 Å². The van der Waals surface area contributed by atoms with Crippen LogP contribution < -0.4 is 15.9 Å². The number of hydrogen-bond acceptors (Lipinski definition) is 8. The molecule has 0 aliphatic rings. The summed E-state index contributed by atoms with van der Waals surface area (Å²) < 4.78 is 0.634. The van der Waals surface area contributed by atoms with Crippen molar-refractivity contribution in [3.63, 3.8) is 0 Å². The average molecular weight is 448 g/mol. The number of fused-ring (bicyclic) bond motifs is 1. The lowest BCUT2D eigenvalue weighted by atomic mass is 10.0. The Morgan fingerprint density at radius 2 is 2.10 bits per heavy atom. The van der Waals surface area contributed by atoms with Gasteiger partial charge in [0.15, 0.2) is 16.6 Å². The van der Waals surface area contributed by atoms with E-state index in [1.807, 2.05) is 13.0 Å². The van der Waals surface area contributed by atoms with Gasteiger partial charge in [0.05, 0.1) is 12.6 Å². The molecular weight excluding hydrogens is 422 g/mol. The van der Waals surface area contributed by atoms with E-state index in [9.17, 15) is 14.7 Å². The summed E-state index contributed by atoms with van der Waals surface area (Å²) in [5, 5.41) is 13.4. The highest BCUT2D eigenvalue weighted by Crippen LogP contribution is 2.35. The minimum absolute atomic E-state index is 0.0399. The van der Waals surface area contributed by atoms with Gasteiger partial charge in [-0.2, -0.15) is 0 Å². The molecule has 0 radical (unpaired) electrons. The third-order valence-electron chi connectivity index (χ3n) is 4.50. The van der Waals surface area contributed by atoms with Crippen LogP contribution in [0.1, 0.15) is 48.4 Å². The molecule has 2 heterocycles. The number of aromatic amines is 1. The minimum Gasteiger partial charge on any atom is -0.394 e. The average Bonchev–Trinajstić information content (AvgIpc) is 3.07. The van der Waals surface area contributed by atoms with Crippen molar-refractivity contribution in [2.45, 2.75) is 43.6 Å². The Morgan fingerprint density at radius 1 is 1.33 bits per heavy atom. The molecule has 1 amide bonds. The number of aliphatic hydroxyl groups is 1. The summed E-state index contributed by atoms with van der Waals surface area (Å²) in [4.78, 5) is 35.0. The fourth-order valence-corrected chi connectivity index (χ4v) is 4.70. The Bertz CT molecular complexity index is 1100. The van der Waals surface area contributed by atoms with Gasteiger partial charge in [0, 0.05) is 10.8 Å². The number of thiazole rings is 1. The first-order chi connectivity index (χ1) is 14.3. The third-order valence-corrected chi connectivity index (χ3v) is 6.40. The smallest absolute Gasteiger partial charge is 0.306 e. The van der Waals surface area contributed by atoms with Crippen molar-refractivity contribution in [1.82, 2.24) is 15.0 Å². The maximum atomic E-state index is 11.9. The van der Waals surface area contributed by atoms with Gasteiger partial charge in [0.2, 0.25) is 5.91 Å². The quantitative estimate of drug-likeness (QED) is 0.292. The van der Waals surface area contributed by atoms with Crippen LogP contribution in [0.15, 0.2) is 34.2 Å². The van der Waals surface area contributed by atoms with Gasteiger partial charge < -0.3 is 16.2 Å². The van der Waals surface area contributed by atoms with E-state index in [0.29, 0.717) is 32.8 Å². The predicted molar refractivity (Wildman–Crippen MR) is 121 cm³/mol. The Balaban J connectivity index is 1.91. The maximum absolute atomic E-state index is 11.9. The number of aromatic nitrogens is 3. The van der Waals surface area contributed by atoms with Gasteiger partial charge in [-0.05, 0) is 37.0 Å². The van der Waals surface area contributed by atoms with Crippen LogP contribution in [0, 0.1) is 5.92 Å². The molecular formula is C20H25N5O3S2. The molecule has 2 atom stereocenters. The van der Waals surface area contributed by atoms with Gasteiger partial charge in [-0.1, -0.05) is 49.1 Å². The zero-order valence-electron chi connectivity index (χ0n) is 17.0. The van der Waals surface area contributed by atoms with E-state index in [-0.39, 0.29) is 22.8 Å². The Kier molecular flexibility index (Phi) is 7.11. The van der Waals surface area contributed by atoms with Gasteiger partial charge in [0.1, 0.15) is 4.70 Å². The molecule has 3 aromatic rings. The highest BCUT2D eigenvalue weighted by atomic mass is 32.2. The fourth-order valence-electron chi connectivity index (χ4n) is 3.09. The topological polar surface area (TPSA) is 134 Å². The highest BCUT2D eigenvalue weighted by Gasteiger charge is 2.18. The van der Waals surface area contributed by atoms with Crippen molar-refractivity contribution in [3.05, 3.63) is 45.1 Å². The number of nitrogens with one attached hydrogen (secondary N) is 2. The van der Waals surface area contributed by atoms with E-state index in [0.717, 1.165) is 23.3 Å². The fraction of sp³-hybridized carbons (Fsp3) is 0.400. The summed E-state index contributed by atoms with van der Waals surface area (Å²) in [6.45, 7) is 6.11. The molecule has 0 unspecified atom stereocenters. The van der Waals surface area contributed by atoms with E-state index in [2.05, 4.69) is 34.1 Å². The monoisotopic (exact) mass is 447 g/mol. The lowest BCUT2D eigenvalue weighted by molar-refractivity contribution is 0.1000. The molecule has 10 heteroatoms. The number of nitrogens with two attached hydrogens (primary N) is 1. The van der Waals surface area contributed by atoms with Crippen molar-refractivity contribution in [2.75, 3.05) is 11.9 Å². The van der Waals surface area contributed by atoms with Crippen molar-refractivity contribution < 1.29 is 9.90 Å². The van der Waals surface area contributed by atoms with Crippen LogP contribution in [-0.2, 0) is 0 Å². The number of carbonyl (C=O) groups is 1. The molecule has 0 aliphatic heterocycles. The second-order valence-electron chi connectivity index (χ2n) is 7.45. The Labute approximate surface area is 182 Å². The first-order valence-electron chi connectivity index (χ1n) is 9.61. The molecule has 0 aliphatic carbocycles. The van der Waals surface area contributed by atoms with E-state index in [1.165, 1.54) is 11.8 Å².